The lowest BCUT2D eigenvalue weighted by Crippen LogP contribution is -1.88. The lowest BCUT2D eigenvalue weighted by molar-refractivity contribution is 1.63. The van der Waals surface area contributed by atoms with Crippen LogP contribution in [-0.4, -0.2) is 5.33 Å². The third-order valence-electron chi connectivity index (χ3n) is 1.44. The molecule has 1 nitrogen and oxygen atoms in total. The number of hydrogen-bond donors (Lipinski definition) is 1. The van der Waals surface area contributed by atoms with Gasteiger partial charge in [0.15, 0.2) is 0 Å². The number of anilines is 1. The Morgan fingerprint density at radius 2 is 2.25 bits per heavy atom. The number of halogens is 2. The molecule has 12 heavy (non-hydrogen) atoms. The summed E-state index contributed by atoms with van der Waals surface area (Å²) < 4.78 is 0. The Morgan fingerprint density at radius 3 is 2.92 bits per heavy atom. The molecule has 64 valence electrons. The fourth-order valence-electron chi connectivity index (χ4n) is 0.861. The van der Waals surface area contributed by atoms with Crippen LogP contribution in [0.4, 0.5) is 5.69 Å². The summed E-state index contributed by atoms with van der Waals surface area (Å²) in [5.74, 6) is 0. The fourth-order valence-corrected chi connectivity index (χ4v) is 1.23. The molecule has 0 aromatic heterocycles. The fraction of sp³-hybridized carbons (Fsp3) is 0.111. The molecule has 0 amide bonds. The molecule has 2 N–H and O–H groups in total. The first-order valence-electron chi connectivity index (χ1n) is 3.51. The molecule has 0 radical (unpaired) electrons. The molecule has 0 atom stereocenters. The zero-order chi connectivity index (χ0) is 8.97. The average Bonchev–Trinajstić information content (AvgIpc) is 2.07. The van der Waals surface area contributed by atoms with Crippen molar-refractivity contribution in [1.82, 2.24) is 0 Å². The van der Waals surface area contributed by atoms with Crippen molar-refractivity contribution < 1.29 is 0 Å². The quantitative estimate of drug-likeness (QED) is 0.629. The van der Waals surface area contributed by atoms with E-state index < -0.39 is 0 Å². The summed E-state index contributed by atoms with van der Waals surface area (Å²) in [7, 11) is 0. The molecule has 0 heterocycles. The van der Waals surface area contributed by atoms with E-state index in [1.165, 1.54) is 0 Å². The van der Waals surface area contributed by atoms with E-state index in [4.69, 9.17) is 17.3 Å². The first-order chi connectivity index (χ1) is 5.74. The smallest absolute Gasteiger partial charge is 0.0413 e. The molecule has 0 aliphatic heterocycles. The number of benzene rings is 1. The molecule has 0 spiro atoms. The third-order valence-corrected chi connectivity index (χ3v) is 2.04. The predicted octanol–water partition coefficient (Wildman–Crippen LogP) is 3.33. The van der Waals surface area contributed by atoms with Gasteiger partial charge in [-0.3, -0.25) is 0 Å². The summed E-state index contributed by atoms with van der Waals surface area (Å²) in [6, 6.07) is 5.43. The van der Waals surface area contributed by atoms with Gasteiger partial charge in [-0.1, -0.05) is 39.7 Å². The van der Waals surface area contributed by atoms with Crippen LogP contribution < -0.4 is 5.73 Å². The van der Waals surface area contributed by atoms with Gasteiger partial charge in [-0.25, -0.2) is 0 Å². The van der Waals surface area contributed by atoms with Gasteiger partial charge < -0.3 is 5.73 Å². The van der Waals surface area contributed by atoms with Crippen molar-refractivity contribution in [3.05, 3.63) is 34.9 Å². The van der Waals surface area contributed by atoms with E-state index in [1.54, 1.807) is 12.1 Å². The van der Waals surface area contributed by atoms with Crippen molar-refractivity contribution in [1.29, 1.82) is 0 Å². The van der Waals surface area contributed by atoms with Crippen LogP contribution in [0.15, 0.2) is 24.3 Å². The van der Waals surface area contributed by atoms with Crippen LogP contribution in [0, 0.1) is 0 Å². The Hall–Kier alpha value is -0.470. The molecule has 0 aliphatic carbocycles. The van der Waals surface area contributed by atoms with Crippen molar-refractivity contribution in [2.45, 2.75) is 0 Å². The third kappa shape index (κ3) is 2.54. The van der Waals surface area contributed by atoms with Gasteiger partial charge in [-0.2, -0.15) is 0 Å². The summed E-state index contributed by atoms with van der Waals surface area (Å²) >= 11 is 9.08. The maximum Gasteiger partial charge on any atom is 0.0413 e. The zero-order valence-electron chi connectivity index (χ0n) is 6.43. The van der Waals surface area contributed by atoms with Gasteiger partial charge in [0.25, 0.3) is 0 Å². The Kier molecular flexibility index (Phi) is 3.63. The topological polar surface area (TPSA) is 26.0 Å². The van der Waals surface area contributed by atoms with Gasteiger partial charge in [0.1, 0.15) is 0 Å². The minimum Gasteiger partial charge on any atom is -0.398 e. The van der Waals surface area contributed by atoms with Gasteiger partial charge in [0.2, 0.25) is 0 Å². The lowest BCUT2D eigenvalue weighted by Gasteiger charge is -1.99. The second-order valence-corrected chi connectivity index (χ2v) is 3.41. The van der Waals surface area contributed by atoms with Crippen molar-refractivity contribution in [3.8, 4) is 0 Å². The SMILES string of the molecule is Nc1ccc(Cl)cc1C=CCBr. The number of rotatable bonds is 2. The van der Waals surface area contributed by atoms with E-state index in [0.29, 0.717) is 5.02 Å². The van der Waals surface area contributed by atoms with E-state index in [0.717, 1.165) is 16.6 Å². The van der Waals surface area contributed by atoms with Crippen LogP contribution in [0.3, 0.4) is 0 Å². The van der Waals surface area contributed by atoms with Gasteiger partial charge in [-0.05, 0) is 23.8 Å². The lowest BCUT2D eigenvalue weighted by atomic mass is 10.2. The second-order valence-electron chi connectivity index (χ2n) is 2.33. The molecule has 0 aliphatic rings. The van der Waals surface area contributed by atoms with Gasteiger partial charge >= 0.3 is 0 Å². The maximum absolute atomic E-state index is 5.79. The van der Waals surface area contributed by atoms with Crippen molar-refractivity contribution in [3.63, 3.8) is 0 Å². The highest BCUT2D eigenvalue weighted by molar-refractivity contribution is 9.09. The van der Waals surface area contributed by atoms with Crippen molar-refractivity contribution >= 4 is 39.3 Å². The zero-order valence-corrected chi connectivity index (χ0v) is 8.77. The monoisotopic (exact) mass is 245 g/mol. The summed E-state index contributed by atoms with van der Waals surface area (Å²) in [5, 5.41) is 1.53. The first kappa shape index (κ1) is 9.62. The molecule has 0 bridgehead atoms. The van der Waals surface area contributed by atoms with E-state index in [-0.39, 0.29) is 0 Å². The van der Waals surface area contributed by atoms with Crippen LogP contribution in [-0.2, 0) is 0 Å². The number of nitrogen functional groups attached to an aromatic ring is 1. The second kappa shape index (κ2) is 4.53. The number of allylic oxidation sites excluding steroid dienone is 1. The summed E-state index contributed by atoms with van der Waals surface area (Å²) in [4.78, 5) is 0. The highest BCUT2D eigenvalue weighted by atomic mass is 79.9. The molecule has 1 aromatic carbocycles. The van der Waals surface area contributed by atoms with Crippen LogP contribution >= 0.6 is 27.5 Å². The van der Waals surface area contributed by atoms with E-state index in [9.17, 15) is 0 Å². The maximum atomic E-state index is 5.79. The normalized spacial score (nSPS) is 10.8. The molecule has 1 aromatic rings. The Morgan fingerprint density at radius 1 is 1.50 bits per heavy atom. The van der Waals surface area contributed by atoms with E-state index >= 15 is 0 Å². The summed E-state index contributed by atoms with van der Waals surface area (Å²) in [5.41, 5.74) is 7.41. The van der Waals surface area contributed by atoms with Crippen molar-refractivity contribution in [2.75, 3.05) is 11.1 Å². The number of alkyl halides is 1. The van der Waals surface area contributed by atoms with Gasteiger partial charge in [-0.15, -0.1) is 0 Å². The molecule has 0 fully saturated rings. The minimum absolute atomic E-state index is 0.707. The number of hydrogen-bond acceptors (Lipinski definition) is 1. The van der Waals surface area contributed by atoms with Crippen molar-refractivity contribution in [2.24, 2.45) is 0 Å². The Bertz CT molecular complexity index is 297. The minimum atomic E-state index is 0.707. The van der Waals surface area contributed by atoms with E-state index in [1.807, 2.05) is 18.2 Å². The Balaban J connectivity index is 2.97. The Labute approximate surface area is 85.3 Å². The predicted molar refractivity (Wildman–Crippen MR) is 58.7 cm³/mol. The highest BCUT2D eigenvalue weighted by Crippen LogP contribution is 2.18. The first-order valence-corrected chi connectivity index (χ1v) is 5.01. The highest BCUT2D eigenvalue weighted by Gasteiger charge is 1.94. The summed E-state index contributed by atoms with van der Waals surface area (Å²) in [6.07, 6.45) is 3.91. The van der Waals surface area contributed by atoms with Crippen LogP contribution in [0.25, 0.3) is 6.08 Å². The molecular formula is C9H9BrClN. The number of nitrogens with two attached hydrogens (primary N) is 1. The van der Waals surface area contributed by atoms with Gasteiger partial charge in [0, 0.05) is 16.0 Å². The van der Waals surface area contributed by atoms with Gasteiger partial charge in [0.05, 0.1) is 0 Å². The van der Waals surface area contributed by atoms with E-state index in [2.05, 4.69) is 15.9 Å². The molecule has 0 saturated carbocycles. The van der Waals surface area contributed by atoms with Crippen LogP contribution in [0.1, 0.15) is 5.56 Å². The van der Waals surface area contributed by atoms with Crippen LogP contribution in [0.5, 0.6) is 0 Å². The molecule has 0 unspecified atom stereocenters. The molecule has 3 heteroatoms. The van der Waals surface area contributed by atoms with Crippen LogP contribution in [0.2, 0.25) is 5.02 Å². The largest absolute Gasteiger partial charge is 0.398 e. The standard InChI is InChI=1S/C9H9BrClN/c10-5-1-2-7-6-8(11)3-4-9(7)12/h1-4,6H,5,12H2. The molecular weight excluding hydrogens is 237 g/mol. The average molecular weight is 247 g/mol. The molecule has 1 rings (SSSR count). The molecule has 0 saturated heterocycles. The summed E-state index contributed by atoms with van der Waals surface area (Å²) in [6.45, 7) is 0.